The minimum atomic E-state index is -0.239. The zero-order valence-electron chi connectivity index (χ0n) is 9.55. The van der Waals surface area contributed by atoms with E-state index in [1.807, 2.05) is 6.07 Å². The van der Waals surface area contributed by atoms with Crippen molar-refractivity contribution in [2.75, 3.05) is 11.5 Å². The van der Waals surface area contributed by atoms with Gasteiger partial charge in [-0.3, -0.25) is 4.79 Å². The fourth-order valence-electron chi connectivity index (χ4n) is 1.67. The van der Waals surface area contributed by atoms with Crippen molar-refractivity contribution in [2.24, 2.45) is 0 Å². The normalized spacial score (nSPS) is 9.72. The molecule has 2 aromatic rings. The smallest absolute Gasteiger partial charge is 0.195 e. The summed E-state index contributed by atoms with van der Waals surface area (Å²) in [5, 5.41) is 8.81. The number of hydrogen-bond donors (Lipinski definition) is 2. The number of anilines is 2. The summed E-state index contributed by atoms with van der Waals surface area (Å²) in [5.41, 5.74) is 13.3. The van der Waals surface area contributed by atoms with Crippen LogP contribution in [0.3, 0.4) is 0 Å². The van der Waals surface area contributed by atoms with Crippen LogP contribution in [0.25, 0.3) is 0 Å². The average molecular weight is 237 g/mol. The zero-order chi connectivity index (χ0) is 13.1. The van der Waals surface area contributed by atoms with Crippen LogP contribution < -0.4 is 11.5 Å². The minimum absolute atomic E-state index is 0.239. The number of nitrogens with two attached hydrogens (primary N) is 2. The second-order valence-electron chi connectivity index (χ2n) is 3.83. The molecule has 0 radical (unpaired) electrons. The molecule has 2 rings (SSSR count). The molecule has 0 unspecified atom stereocenters. The Bertz CT molecular complexity index is 656. The van der Waals surface area contributed by atoms with Gasteiger partial charge >= 0.3 is 0 Å². The van der Waals surface area contributed by atoms with Crippen LogP contribution in [-0.2, 0) is 0 Å². The van der Waals surface area contributed by atoms with E-state index in [2.05, 4.69) is 0 Å². The number of ketones is 1. The zero-order valence-corrected chi connectivity index (χ0v) is 9.55. The second-order valence-corrected chi connectivity index (χ2v) is 3.83. The molecule has 88 valence electrons. The number of nitrogens with zero attached hydrogens (tertiary/aromatic N) is 1. The van der Waals surface area contributed by atoms with E-state index < -0.39 is 0 Å². The van der Waals surface area contributed by atoms with E-state index in [1.54, 1.807) is 36.4 Å². The van der Waals surface area contributed by atoms with Gasteiger partial charge in [-0.05, 0) is 24.3 Å². The number of benzene rings is 2. The SMILES string of the molecule is N#Cc1cccc(C(=O)c2cccc(N)c2N)c1. The maximum Gasteiger partial charge on any atom is 0.195 e. The summed E-state index contributed by atoms with van der Waals surface area (Å²) in [5.74, 6) is -0.239. The second kappa shape index (κ2) is 4.60. The highest BCUT2D eigenvalue weighted by Crippen LogP contribution is 2.22. The Labute approximate surface area is 104 Å². The first kappa shape index (κ1) is 11.7. The third-order valence-electron chi connectivity index (χ3n) is 2.64. The first-order valence-electron chi connectivity index (χ1n) is 5.32. The van der Waals surface area contributed by atoms with Crippen LogP contribution in [0.15, 0.2) is 42.5 Å². The van der Waals surface area contributed by atoms with E-state index >= 15 is 0 Å². The highest BCUT2D eigenvalue weighted by Gasteiger charge is 2.13. The molecule has 18 heavy (non-hydrogen) atoms. The molecular weight excluding hydrogens is 226 g/mol. The number of rotatable bonds is 2. The summed E-state index contributed by atoms with van der Waals surface area (Å²) in [6.45, 7) is 0. The van der Waals surface area contributed by atoms with Gasteiger partial charge in [0.2, 0.25) is 0 Å². The van der Waals surface area contributed by atoms with Crippen LogP contribution in [0.4, 0.5) is 11.4 Å². The van der Waals surface area contributed by atoms with Crippen LogP contribution in [0.1, 0.15) is 21.5 Å². The fraction of sp³-hybridized carbons (Fsp3) is 0. The molecule has 0 aromatic heterocycles. The predicted molar refractivity (Wildman–Crippen MR) is 69.9 cm³/mol. The van der Waals surface area contributed by atoms with Crippen LogP contribution in [0, 0.1) is 11.3 Å². The molecule has 0 heterocycles. The van der Waals surface area contributed by atoms with Crippen LogP contribution in [0.5, 0.6) is 0 Å². The molecule has 0 saturated carbocycles. The number of hydrogen-bond acceptors (Lipinski definition) is 4. The third-order valence-corrected chi connectivity index (χ3v) is 2.64. The summed E-state index contributed by atoms with van der Waals surface area (Å²) in [6.07, 6.45) is 0. The van der Waals surface area contributed by atoms with E-state index in [-0.39, 0.29) is 11.5 Å². The minimum Gasteiger partial charge on any atom is -0.397 e. The molecule has 4 N–H and O–H groups in total. The largest absolute Gasteiger partial charge is 0.397 e. The Morgan fingerprint density at radius 1 is 1.11 bits per heavy atom. The van der Waals surface area contributed by atoms with Crippen molar-refractivity contribution in [3.8, 4) is 6.07 Å². The topological polar surface area (TPSA) is 92.9 Å². The molecule has 0 fully saturated rings. The summed E-state index contributed by atoms with van der Waals surface area (Å²) >= 11 is 0. The predicted octanol–water partition coefficient (Wildman–Crippen LogP) is 1.95. The lowest BCUT2D eigenvalue weighted by Crippen LogP contribution is -2.07. The Kier molecular flexibility index (Phi) is 2.98. The standard InChI is InChI=1S/C14H11N3O/c15-8-9-3-1-4-10(7-9)14(18)11-5-2-6-12(16)13(11)17/h1-7H,16-17H2. The van der Waals surface area contributed by atoms with E-state index in [9.17, 15) is 4.79 Å². The van der Waals surface area contributed by atoms with Gasteiger partial charge < -0.3 is 11.5 Å². The molecule has 2 aromatic carbocycles. The Morgan fingerprint density at radius 3 is 2.56 bits per heavy atom. The van der Waals surface area contributed by atoms with Crippen LogP contribution in [0.2, 0.25) is 0 Å². The maximum atomic E-state index is 12.2. The Balaban J connectivity index is 2.49. The van der Waals surface area contributed by atoms with Crippen molar-refractivity contribution in [3.05, 3.63) is 59.2 Å². The summed E-state index contributed by atoms with van der Waals surface area (Å²) < 4.78 is 0. The van der Waals surface area contributed by atoms with Gasteiger partial charge in [0.1, 0.15) is 0 Å². The highest BCUT2D eigenvalue weighted by molar-refractivity contribution is 6.13. The van der Waals surface area contributed by atoms with Crippen molar-refractivity contribution in [1.29, 1.82) is 5.26 Å². The molecule has 4 nitrogen and oxygen atoms in total. The molecule has 4 heteroatoms. The third kappa shape index (κ3) is 2.02. The van der Waals surface area contributed by atoms with Crippen LogP contribution in [-0.4, -0.2) is 5.78 Å². The van der Waals surface area contributed by atoms with Gasteiger partial charge in [0.25, 0.3) is 0 Å². The van der Waals surface area contributed by atoms with E-state index in [1.165, 1.54) is 6.07 Å². The number of carbonyl (C=O) groups excluding carboxylic acids is 1. The van der Waals surface area contributed by atoms with E-state index in [0.717, 1.165) is 0 Å². The van der Waals surface area contributed by atoms with Crippen molar-refractivity contribution < 1.29 is 4.79 Å². The van der Waals surface area contributed by atoms with Crippen molar-refractivity contribution >= 4 is 17.2 Å². The monoisotopic (exact) mass is 237 g/mol. The lowest BCUT2D eigenvalue weighted by atomic mass is 10.00. The molecule has 0 atom stereocenters. The molecule has 0 aliphatic heterocycles. The van der Waals surface area contributed by atoms with Gasteiger partial charge in [-0.1, -0.05) is 18.2 Å². The van der Waals surface area contributed by atoms with Gasteiger partial charge in [-0.2, -0.15) is 5.26 Å². The van der Waals surface area contributed by atoms with Gasteiger partial charge in [-0.25, -0.2) is 0 Å². The van der Waals surface area contributed by atoms with E-state index in [0.29, 0.717) is 22.4 Å². The van der Waals surface area contributed by atoms with Gasteiger partial charge in [-0.15, -0.1) is 0 Å². The summed E-state index contributed by atoms with van der Waals surface area (Å²) in [4.78, 5) is 12.2. The first-order valence-corrected chi connectivity index (χ1v) is 5.32. The molecule has 0 saturated heterocycles. The molecule has 0 amide bonds. The quantitative estimate of drug-likeness (QED) is 0.616. The fourth-order valence-corrected chi connectivity index (χ4v) is 1.67. The Morgan fingerprint density at radius 2 is 1.83 bits per heavy atom. The number of carbonyl (C=O) groups is 1. The van der Waals surface area contributed by atoms with Gasteiger partial charge in [0.15, 0.2) is 5.78 Å². The highest BCUT2D eigenvalue weighted by atomic mass is 16.1. The number of para-hydroxylation sites is 1. The van der Waals surface area contributed by atoms with Crippen molar-refractivity contribution in [2.45, 2.75) is 0 Å². The summed E-state index contributed by atoms with van der Waals surface area (Å²) in [6, 6.07) is 13.4. The molecule has 0 bridgehead atoms. The number of nitrogen functional groups attached to an aromatic ring is 2. The first-order chi connectivity index (χ1) is 8.63. The molecule has 0 aliphatic carbocycles. The molecule has 0 aliphatic rings. The van der Waals surface area contributed by atoms with Crippen molar-refractivity contribution in [3.63, 3.8) is 0 Å². The Hall–Kier alpha value is -2.80. The van der Waals surface area contributed by atoms with Gasteiger partial charge in [0.05, 0.1) is 23.0 Å². The van der Waals surface area contributed by atoms with Crippen LogP contribution >= 0.6 is 0 Å². The van der Waals surface area contributed by atoms with Crippen molar-refractivity contribution in [1.82, 2.24) is 0 Å². The number of nitriles is 1. The molecule has 0 spiro atoms. The van der Waals surface area contributed by atoms with Gasteiger partial charge in [0, 0.05) is 11.1 Å². The lowest BCUT2D eigenvalue weighted by molar-refractivity contribution is 0.103. The summed E-state index contributed by atoms with van der Waals surface area (Å²) in [7, 11) is 0. The average Bonchev–Trinajstić information content (AvgIpc) is 2.41. The van der Waals surface area contributed by atoms with E-state index in [4.69, 9.17) is 16.7 Å². The lowest BCUT2D eigenvalue weighted by Gasteiger charge is -2.07. The molecular formula is C14H11N3O. The maximum absolute atomic E-state index is 12.2.